The molecule has 0 amide bonds. The third kappa shape index (κ3) is 3.52. The minimum Gasteiger partial charge on any atom is -0.245 e. The highest BCUT2D eigenvalue weighted by Crippen LogP contribution is 2.25. The van der Waals surface area contributed by atoms with Crippen molar-refractivity contribution in [3.63, 3.8) is 0 Å². The summed E-state index contributed by atoms with van der Waals surface area (Å²) in [6, 6.07) is 8.43. The summed E-state index contributed by atoms with van der Waals surface area (Å²) in [5, 5.41) is 0. The van der Waals surface area contributed by atoms with Crippen LogP contribution in [0.4, 0.5) is 0 Å². The topological polar surface area (TPSA) is 3.24 Å². The quantitative estimate of drug-likeness (QED) is 0.561. The Labute approximate surface area is 95.6 Å². The van der Waals surface area contributed by atoms with Gasteiger partial charge in [0.25, 0.3) is 0 Å². The largest absolute Gasteiger partial charge is 0.245 e. The first-order valence-corrected chi connectivity index (χ1v) is 6.13. The van der Waals surface area contributed by atoms with Gasteiger partial charge in [-0.25, -0.2) is 4.31 Å². The first-order valence-electron chi connectivity index (χ1n) is 4.82. The zero-order chi connectivity index (χ0) is 10.4. The molecule has 0 unspecified atom stereocenters. The fourth-order valence-corrected chi connectivity index (χ4v) is 2.41. The van der Waals surface area contributed by atoms with Gasteiger partial charge in [0.05, 0.1) is 0 Å². The van der Waals surface area contributed by atoms with E-state index in [-0.39, 0.29) is 0 Å². The van der Waals surface area contributed by atoms with Crippen LogP contribution in [0.5, 0.6) is 0 Å². The predicted octanol–water partition coefficient (Wildman–Crippen LogP) is 3.56. The van der Waals surface area contributed by atoms with E-state index in [1.807, 2.05) is 0 Å². The molecule has 0 spiro atoms. The summed E-state index contributed by atoms with van der Waals surface area (Å²) in [4.78, 5) is 1.32. The molecule has 0 N–H and O–H groups in total. The summed E-state index contributed by atoms with van der Waals surface area (Å²) in [5.74, 6) is 0.687. The van der Waals surface area contributed by atoms with E-state index < -0.39 is 0 Å². The molecule has 0 aliphatic carbocycles. The second-order valence-electron chi connectivity index (χ2n) is 3.07. The lowest BCUT2D eigenvalue weighted by molar-refractivity contribution is 0.527. The minimum absolute atomic E-state index is 0.687. The van der Waals surface area contributed by atoms with Crippen LogP contribution < -0.4 is 0 Å². The Bertz CT molecular complexity index is 278. The molecular weight excluding hydrogens is 214 g/mol. The Balaban J connectivity index is 2.62. The third-order valence-electron chi connectivity index (χ3n) is 2.01. The van der Waals surface area contributed by atoms with Crippen LogP contribution >= 0.6 is 23.5 Å². The van der Waals surface area contributed by atoms with Crippen LogP contribution in [0.3, 0.4) is 0 Å². The lowest BCUT2D eigenvalue weighted by Gasteiger charge is -2.18. The molecule has 0 aliphatic heterocycles. The van der Waals surface area contributed by atoms with Crippen molar-refractivity contribution in [1.29, 1.82) is 0 Å². The minimum atomic E-state index is 0.687. The van der Waals surface area contributed by atoms with Crippen LogP contribution in [0.2, 0.25) is 0 Å². The molecule has 1 rings (SSSR count). The van der Waals surface area contributed by atoms with E-state index in [0.717, 1.165) is 13.1 Å². The van der Waals surface area contributed by atoms with Gasteiger partial charge in [0, 0.05) is 23.9 Å². The maximum Gasteiger partial charge on any atom is 0.0360 e. The maximum atomic E-state index is 5.73. The normalized spacial score (nSPS) is 10.9. The van der Waals surface area contributed by atoms with Crippen molar-refractivity contribution in [3.05, 3.63) is 29.8 Å². The summed E-state index contributed by atoms with van der Waals surface area (Å²) >= 11 is 7.51. The number of aryl methyl sites for hydroxylation is 1. The molecule has 0 aliphatic rings. The Morgan fingerprint density at radius 3 is 2.64 bits per heavy atom. The van der Waals surface area contributed by atoms with Crippen molar-refractivity contribution in [2.75, 3.05) is 19.0 Å². The van der Waals surface area contributed by atoms with Crippen molar-refractivity contribution in [1.82, 2.24) is 4.31 Å². The van der Waals surface area contributed by atoms with Crippen LogP contribution in [0.15, 0.2) is 29.2 Å². The summed E-state index contributed by atoms with van der Waals surface area (Å²) in [5.41, 5.74) is 1.32. The highest BCUT2D eigenvalue weighted by atomic mass is 35.5. The Morgan fingerprint density at radius 2 is 2.07 bits per heavy atom. The van der Waals surface area contributed by atoms with Crippen molar-refractivity contribution in [2.24, 2.45) is 0 Å². The highest BCUT2D eigenvalue weighted by molar-refractivity contribution is 7.97. The summed E-state index contributed by atoms with van der Waals surface area (Å²) in [6.07, 6.45) is 0. The number of hydrogen-bond acceptors (Lipinski definition) is 2. The Morgan fingerprint density at radius 1 is 1.36 bits per heavy atom. The molecule has 0 saturated heterocycles. The molecule has 0 bridgehead atoms. The number of nitrogens with zero attached hydrogens (tertiary/aromatic N) is 1. The first kappa shape index (κ1) is 11.9. The molecular formula is C11H16ClNS. The lowest BCUT2D eigenvalue weighted by Crippen LogP contribution is -2.17. The monoisotopic (exact) mass is 229 g/mol. The third-order valence-corrected chi connectivity index (χ3v) is 3.53. The van der Waals surface area contributed by atoms with Crippen molar-refractivity contribution >= 4 is 23.5 Å². The van der Waals surface area contributed by atoms with Crippen LogP contribution in [0.25, 0.3) is 0 Å². The molecule has 3 heteroatoms. The Kier molecular flexibility index (Phi) is 5.38. The van der Waals surface area contributed by atoms with Gasteiger partial charge in [-0.05, 0) is 30.5 Å². The van der Waals surface area contributed by atoms with E-state index in [2.05, 4.69) is 42.4 Å². The molecule has 1 aromatic carbocycles. The number of halogens is 1. The van der Waals surface area contributed by atoms with Crippen molar-refractivity contribution in [2.45, 2.75) is 18.7 Å². The zero-order valence-electron chi connectivity index (χ0n) is 8.66. The molecule has 1 nitrogen and oxygen atoms in total. The van der Waals surface area contributed by atoms with Gasteiger partial charge in [-0.1, -0.05) is 25.1 Å². The van der Waals surface area contributed by atoms with Gasteiger partial charge < -0.3 is 0 Å². The van der Waals surface area contributed by atoms with Gasteiger partial charge in [-0.3, -0.25) is 0 Å². The molecule has 0 radical (unpaired) electrons. The molecule has 14 heavy (non-hydrogen) atoms. The van der Waals surface area contributed by atoms with Gasteiger partial charge in [-0.15, -0.1) is 11.6 Å². The van der Waals surface area contributed by atoms with Crippen LogP contribution in [-0.4, -0.2) is 23.3 Å². The lowest BCUT2D eigenvalue weighted by atomic mass is 10.2. The SMILES string of the molecule is CCN(CCCl)Sc1ccccc1C. The molecule has 0 atom stereocenters. The maximum absolute atomic E-state index is 5.73. The van der Waals surface area contributed by atoms with E-state index in [1.54, 1.807) is 11.9 Å². The summed E-state index contributed by atoms with van der Waals surface area (Å²) in [6.45, 7) is 6.23. The average Bonchev–Trinajstić information content (AvgIpc) is 2.20. The van der Waals surface area contributed by atoms with Crippen LogP contribution in [-0.2, 0) is 0 Å². The van der Waals surface area contributed by atoms with Gasteiger partial charge >= 0.3 is 0 Å². The highest BCUT2D eigenvalue weighted by Gasteiger charge is 2.05. The molecule has 1 aromatic rings. The fraction of sp³-hybridized carbons (Fsp3) is 0.455. The second kappa shape index (κ2) is 6.33. The van der Waals surface area contributed by atoms with E-state index in [0.29, 0.717) is 5.88 Å². The van der Waals surface area contributed by atoms with Gasteiger partial charge in [0.2, 0.25) is 0 Å². The predicted molar refractivity (Wildman–Crippen MR) is 65.0 cm³/mol. The molecule has 0 saturated carbocycles. The molecule has 0 heterocycles. The molecule has 0 aromatic heterocycles. The van der Waals surface area contributed by atoms with Crippen molar-refractivity contribution in [3.8, 4) is 0 Å². The zero-order valence-corrected chi connectivity index (χ0v) is 10.2. The van der Waals surface area contributed by atoms with Gasteiger partial charge in [0.15, 0.2) is 0 Å². The molecule has 0 fully saturated rings. The number of rotatable bonds is 5. The van der Waals surface area contributed by atoms with Gasteiger partial charge in [0.1, 0.15) is 0 Å². The first-order chi connectivity index (χ1) is 6.77. The van der Waals surface area contributed by atoms with E-state index in [9.17, 15) is 0 Å². The number of benzene rings is 1. The Hall–Kier alpha value is -0.180. The smallest absolute Gasteiger partial charge is 0.0360 e. The number of hydrogen-bond donors (Lipinski definition) is 0. The van der Waals surface area contributed by atoms with E-state index >= 15 is 0 Å². The molecule has 78 valence electrons. The second-order valence-corrected chi connectivity index (χ2v) is 4.58. The number of alkyl halides is 1. The van der Waals surface area contributed by atoms with Gasteiger partial charge in [-0.2, -0.15) is 0 Å². The fourth-order valence-electron chi connectivity index (χ4n) is 1.16. The van der Waals surface area contributed by atoms with E-state index in [4.69, 9.17) is 11.6 Å². The van der Waals surface area contributed by atoms with Crippen molar-refractivity contribution < 1.29 is 0 Å². The summed E-state index contributed by atoms with van der Waals surface area (Å²) in [7, 11) is 0. The van der Waals surface area contributed by atoms with E-state index in [1.165, 1.54) is 10.5 Å². The summed E-state index contributed by atoms with van der Waals surface area (Å²) < 4.78 is 2.27. The average molecular weight is 230 g/mol. The van der Waals surface area contributed by atoms with Crippen LogP contribution in [0.1, 0.15) is 12.5 Å². The van der Waals surface area contributed by atoms with Crippen LogP contribution in [0, 0.1) is 6.92 Å². The standard InChI is InChI=1S/C11H16ClNS/c1-3-13(9-8-12)14-11-7-5-4-6-10(11)2/h4-7H,3,8-9H2,1-2H3.